The number of rotatable bonds is 7. The van der Waals surface area contributed by atoms with E-state index in [2.05, 4.69) is 10.0 Å². The van der Waals surface area contributed by atoms with Gasteiger partial charge in [-0.15, -0.1) is 0 Å². The highest BCUT2D eigenvalue weighted by Crippen LogP contribution is 2.15. The zero-order chi connectivity index (χ0) is 14.1. The van der Waals surface area contributed by atoms with Crippen LogP contribution in [-0.2, 0) is 0 Å². The van der Waals surface area contributed by atoms with E-state index in [-0.39, 0.29) is 18.7 Å². The Morgan fingerprint density at radius 1 is 1.53 bits per heavy atom. The number of ether oxygens (including phenoxy) is 1. The summed E-state index contributed by atoms with van der Waals surface area (Å²) < 4.78 is 5.01. The van der Waals surface area contributed by atoms with Gasteiger partial charge in [0.1, 0.15) is 5.75 Å². The minimum Gasteiger partial charge on any atom is -0.497 e. The van der Waals surface area contributed by atoms with Crippen LogP contribution in [0.2, 0.25) is 0 Å². The van der Waals surface area contributed by atoms with Crippen LogP contribution in [0.1, 0.15) is 23.2 Å². The van der Waals surface area contributed by atoms with Gasteiger partial charge >= 0.3 is 0 Å². The maximum Gasteiger partial charge on any atom is 0.162 e. The third-order valence-electron chi connectivity index (χ3n) is 2.68. The number of carbonyl (C=O) groups is 1. The molecule has 0 bridgehead atoms. The zero-order valence-corrected chi connectivity index (χ0v) is 10.6. The molecule has 19 heavy (non-hydrogen) atoms. The third kappa shape index (κ3) is 4.70. The highest BCUT2D eigenvalue weighted by Gasteiger charge is 2.11. The fourth-order valence-electron chi connectivity index (χ4n) is 1.56. The van der Waals surface area contributed by atoms with Crippen molar-refractivity contribution in [3.63, 3.8) is 0 Å². The molecule has 1 aromatic rings. The van der Waals surface area contributed by atoms with Gasteiger partial charge in [0.2, 0.25) is 0 Å². The maximum atomic E-state index is 11.9. The van der Waals surface area contributed by atoms with Crippen molar-refractivity contribution in [1.29, 1.82) is 5.26 Å². The summed E-state index contributed by atoms with van der Waals surface area (Å²) in [6, 6.07) is 8.84. The van der Waals surface area contributed by atoms with E-state index in [1.807, 2.05) is 6.07 Å². The van der Waals surface area contributed by atoms with E-state index in [0.29, 0.717) is 17.7 Å². The van der Waals surface area contributed by atoms with Crippen LogP contribution in [-0.4, -0.2) is 19.4 Å². The first-order valence-corrected chi connectivity index (χ1v) is 5.79. The van der Waals surface area contributed by atoms with Crippen molar-refractivity contribution in [1.82, 2.24) is 0 Å². The molecule has 98 valence electrons. The lowest BCUT2D eigenvalue weighted by molar-refractivity contribution is 0.0977. The molecule has 0 aliphatic rings. The minimum absolute atomic E-state index is 0.0381. The summed E-state index contributed by atoms with van der Waals surface area (Å²) in [6.45, 7) is 0.100. The zero-order valence-electron chi connectivity index (χ0n) is 10.6. The predicted octanol–water partition coefficient (Wildman–Crippen LogP) is 3.11. The normalized spacial score (nSPS) is 10.9. The Labute approximate surface area is 111 Å². The van der Waals surface area contributed by atoms with Gasteiger partial charge in [-0.2, -0.15) is 5.26 Å². The molecule has 1 unspecified atom stereocenters. The molecule has 0 radical (unpaired) electrons. The predicted molar refractivity (Wildman–Crippen MR) is 69.7 cm³/mol. The molecule has 0 aliphatic heterocycles. The largest absolute Gasteiger partial charge is 0.497 e. The van der Waals surface area contributed by atoms with Gasteiger partial charge < -0.3 is 4.74 Å². The molecule has 0 aromatic heterocycles. The van der Waals surface area contributed by atoms with Crippen LogP contribution >= 0.6 is 0 Å². The average Bonchev–Trinajstić information content (AvgIpc) is 2.47. The molecule has 6 nitrogen and oxygen atoms in total. The van der Waals surface area contributed by atoms with E-state index in [1.165, 1.54) is 0 Å². The average molecular weight is 258 g/mol. The van der Waals surface area contributed by atoms with E-state index < -0.39 is 5.92 Å². The maximum absolute atomic E-state index is 11.9. The first kappa shape index (κ1) is 14.6. The van der Waals surface area contributed by atoms with Crippen molar-refractivity contribution in [2.45, 2.75) is 12.8 Å². The number of nitrogens with zero attached hydrogens (tertiary/aromatic N) is 4. The Hall–Kier alpha value is -2.51. The fraction of sp³-hybridized carbons (Fsp3) is 0.385. The Kier molecular flexibility index (Phi) is 5.93. The molecule has 6 heteroatoms. The fourth-order valence-corrected chi connectivity index (χ4v) is 1.56. The summed E-state index contributed by atoms with van der Waals surface area (Å²) in [6.07, 6.45) is 0.645. The van der Waals surface area contributed by atoms with E-state index >= 15 is 0 Å². The molecule has 0 fully saturated rings. The first-order valence-electron chi connectivity index (χ1n) is 5.79. The molecule has 0 heterocycles. The van der Waals surface area contributed by atoms with Crippen molar-refractivity contribution in [3.05, 3.63) is 40.3 Å². The number of nitriles is 1. The summed E-state index contributed by atoms with van der Waals surface area (Å²) in [7, 11) is 1.56. The van der Waals surface area contributed by atoms with Crippen molar-refractivity contribution < 1.29 is 9.53 Å². The van der Waals surface area contributed by atoms with Gasteiger partial charge in [-0.05, 0) is 36.2 Å². The molecule has 0 spiro atoms. The number of hydrogen-bond donors (Lipinski definition) is 0. The number of benzene rings is 1. The standard InChI is InChI=1S/C13H14N4O2/c1-19-12-5-3-11(4-6-12)13(18)7-2-10(8-14)9-16-17-15/h3-6,10H,2,7,9H2,1H3. The van der Waals surface area contributed by atoms with Crippen molar-refractivity contribution in [2.24, 2.45) is 11.0 Å². The van der Waals surface area contributed by atoms with Crippen LogP contribution < -0.4 is 4.74 Å². The molecular weight excluding hydrogens is 244 g/mol. The molecule has 0 N–H and O–H groups in total. The SMILES string of the molecule is COc1ccc(C(=O)CCC(C#N)CN=[N+]=[N-])cc1. The molecule has 1 aromatic carbocycles. The summed E-state index contributed by atoms with van der Waals surface area (Å²) in [5.41, 5.74) is 8.77. The summed E-state index contributed by atoms with van der Waals surface area (Å²) in [4.78, 5) is 14.5. The monoisotopic (exact) mass is 258 g/mol. The Balaban J connectivity index is 2.54. The third-order valence-corrected chi connectivity index (χ3v) is 2.68. The molecule has 0 aliphatic carbocycles. The minimum atomic E-state index is -0.418. The molecule has 0 amide bonds. The highest BCUT2D eigenvalue weighted by molar-refractivity contribution is 5.96. The number of azide groups is 1. The second-order valence-corrected chi connectivity index (χ2v) is 3.93. The number of hydrogen-bond acceptors (Lipinski definition) is 4. The summed E-state index contributed by atoms with van der Waals surface area (Å²) in [5, 5.41) is 12.2. The van der Waals surface area contributed by atoms with Gasteiger partial charge in [0.05, 0.1) is 19.1 Å². The Bertz CT molecular complexity index is 512. The van der Waals surface area contributed by atoms with Crippen LogP contribution in [0.5, 0.6) is 5.75 Å². The molecular formula is C13H14N4O2. The Morgan fingerprint density at radius 3 is 2.74 bits per heavy atom. The molecule has 1 rings (SSSR count). The lowest BCUT2D eigenvalue weighted by Gasteiger charge is -2.05. The van der Waals surface area contributed by atoms with E-state index in [1.54, 1.807) is 31.4 Å². The lowest BCUT2D eigenvalue weighted by Crippen LogP contribution is -2.06. The van der Waals surface area contributed by atoms with Gasteiger partial charge in [0.25, 0.3) is 0 Å². The number of methoxy groups -OCH3 is 1. The second-order valence-electron chi connectivity index (χ2n) is 3.93. The van der Waals surface area contributed by atoms with Crippen LogP contribution in [0.25, 0.3) is 10.4 Å². The van der Waals surface area contributed by atoms with E-state index in [9.17, 15) is 4.79 Å². The van der Waals surface area contributed by atoms with Crippen LogP contribution in [0.3, 0.4) is 0 Å². The first-order chi connectivity index (χ1) is 9.21. The molecule has 0 saturated heterocycles. The number of ketones is 1. The molecule has 0 saturated carbocycles. The topological polar surface area (TPSA) is 98.9 Å². The second kappa shape index (κ2) is 7.75. The van der Waals surface area contributed by atoms with Crippen LogP contribution in [0.4, 0.5) is 0 Å². The van der Waals surface area contributed by atoms with Gasteiger partial charge in [-0.1, -0.05) is 5.11 Å². The smallest absolute Gasteiger partial charge is 0.162 e. The lowest BCUT2D eigenvalue weighted by atomic mass is 10.00. The van der Waals surface area contributed by atoms with Gasteiger partial charge in [-0.3, -0.25) is 4.79 Å². The van der Waals surface area contributed by atoms with Gasteiger partial charge in [0.15, 0.2) is 5.78 Å². The molecule has 1 atom stereocenters. The van der Waals surface area contributed by atoms with Crippen molar-refractivity contribution >= 4 is 5.78 Å². The Morgan fingerprint density at radius 2 is 2.21 bits per heavy atom. The van der Waals surface area contributed by atoms with E-state index in [4.69, 9.17) is 15.5 Å². The van der Waals surface area contributed by atoms with Crippen molar-refractivity contribution in [2.75, 3.05) is 13.7 Å². The number of Topliss-reactive ketones (excluding diaryl/α,β-unsaturated/α-hetero) is 1. The van der Waals surface area contributed by atoms with Crippen LogP contribution in [0.15, 0.2) is 29.4 Å². The highest BCUT2D eigenvalue weighted by atomic mass is 16.5. The number of carbonyl (C=O) groups excluding carboxylic acids is 1. The van der Waals surface area contributed by atoms with Crippen molar-refractivity contribution in [3.8, 4) is 11.8 Å². The summed E-state index contributed by atoms with van der Waals surface area (Å²) >= 11 is 0. The van der Waals surface area contributed by atoms with Gasteiger partial charge in [0, 0.05) is 23.4 Å². The van der Waals surface area contributed by atoms with Crippen LogP contribution in [0, 0.1) is 17.2 Å². The quantitative estimate of drug-likeness (QED) is 0.325. The van der Waals surface area contributed by atoms with Gasteiger partial charge in [-0.25, -0.2) is 0 Å². The van der Waals surface area contributed by atoms with E-state index in [0.717, 1.165) is 0 Å². The summed E-state index contributed by atoms with van der Waals surface area (Å²) in [5.74, 6) is 0.233.